The highest BCUT2D eigenvalue weighted by molar-refractivity contribution is 5.95. The molecule has 1 amide bonds. The number of carbonyl (C=O) groups excluding carboxylic acids is 2. The summed E-state index contributed by atoms with van der Waals surface area (Å²) in [7, 11) is 0. The molecular weight excluding hydrogens is 394 g/mol. The Morgan fingerprint density at radius 3 is 2.61 bits per heavy atom. The van der Waals surface area contributed by atoms with E-state index in [0.29, 0.717) is 41.5 Å². The van der Waals surface area contributed by atoms with E-state index in [4.69, 9.17) is 0 Å². The van der Waals surface area contributed by atoms with Crippen LogP contribution in [0.15, 0.2) is 60.9 Å². The highest BCUT2D eigenvalue weighted by atomic mass is 16.1. The molecule has 156 valence electrons. The molecule has 9 heteroatoms. The largest absolute Gasteiger partial charge is 0.364 e. The maximum absolute atomic E-state index is 12.3. The minimum absolute atomic E-state index is 0.0154. The number of hydrogen-bond acceptors (Lipinski definition) is 7. The number of carbonyl (C=O) groups is 2. The predicted molar refractivity (Wildman–Crippen MR) is 116 cm³/mol. The van der Waals surface area contributed by atoms with Crippen molar-refractivity contribution in [2.45, 2.75) is 26.3 Å². The fourth-order valence-electron chi connectivity index (χ4n) is 3.02. The molecule has 31 heavy (non-hydrogen) atoms. The number of amides is 1. The van der Waals surface area contributed by atoms with Crippen molar-refractivity contribution < 1.29 is 9.59 Å². The van der Waals surface area contributed by atoms with Crippen molar-refractivity contribution in [1.82, 2.24) is 24.8 Å². The lowest BCUT2D eigenvalue weighted by Crippen LogP contribution is -2.14. The number of aromatic nitrogens is 5. The van der Waals surface area contributed by atoms with Crippen LogP contribution in [-0.2, 0) is 17.8 Å². The maximum Gasteiger partial charge on any atom is 0.224 e. The number of anilines is 2. The molecule has 0 saturated heterocycles. The number of aryl methyl sites for hydroxylation is 1. The number of nitrogens with one attached hydrogen (secondary N) is 2. The van der Waals surface area contributed by atoms with Gasteiger partial charge in [0.15, 0.2) is 17.3 Å². The summed E-state index contributed by atoms with van der Waals surface area (Å²) in [6.45, 7) is 2.10. The Morgan fingerprint density at radius 1 is 1.03 bits per heavy atom. The van der Waals surface area contributed by atoms with Crippen LogP contribution in [0.2, 0.25) is 0 Å². The van der Waals surface area contributed by atoms with Crippen molar-refractivity contribution in [3.63, 3.8) is 0 Å². The fourth-order valence-corrected chi connectivity index (χ4v) is 3.02. The Hall–Kier alpha value is -4.14. The van der Waals surface area contributed by atoms with E-state index in [1.807, 2.05) is 24.3 Å². The van der Waals surface area contributed by atoms with Gasteiger partial charge in [0.1, 0.15) is 5.82 Å². The van der Waals surface area contributed by atoms with Crippen molar-refractivity contribution in [2.24, 2.45) is 0 Å². The van der Waals surface area contributed by atoms with Crippen LogP contribution >= 0.6 is 0 Å². The Balaban J connectivity index is 1.37. The first-order valence-corrected chi connectivity index (χ1v) is 9.83. The van der Waals surface area contributed by atoms with Crippen LogP contribution in [0, 0.1) is 0 Å². The summed E-state index contributed by atoms with van der Waals surface area (Å²) in [5.41, 5.74) is 2.90. The minimum Gasteiger partial charge on any atom is -0.364 e. The summed E-state index contributed by atoms with van der Waals surface area (Å²) >= 11 is 0. The molecule has 3 aromatic heterocycles. The van der Waals surface area contributed by atoms with Gasteiger partial charge in [0.2, 0.25) is 5.91 Å². The molecule has 3 heterocycles. The molecule has 1 aromatic carbocycles. The van der Waals surface area contributed by atoms with Gasteiger partial charge in [-0.25, -0.2) is 0 Å². The van der Waals surface area contributed by atoms with Crippen molar-refractivity contribution in [3.05, 3.63) is 77.9 Å². The number of benzene rings is 1. The van der Waals surface area contributed by atoms with E-state index in [0.717, 1.165) is 5.56 Å². The average Bonchev–Trinajstić information content (AvgIpc) is 3.19. The first-order valence-electron chi connectivity index (χ1n) is 9.83. The lowest BCUT2D eigenvalue weighted by molar-refractivity contribution is -0.116. The molecule has 0 aliphatic carbocycles. The van der Waals surface area contributed by atoms with Gasteiger partial charge in [0, 0.05) is 43.0 Å². The molecule has 4 aromatic rings. The van der Waals surface area contributed by atoms with Gasteiger partial charge >= 0.3 is 0 Å². The molecule has 0 atom stereocenters. The molecule has 4 rings (SSSR count). The van der Waals surface area contributed by atoms with Crippen LogP contribution in [-0.4, -0.2) is 36.5 Å². The molecule has 0 spiro atoms. The number of ketones is 1. The highest BCUT2D eigenvalue weighted by Crippen LogP contribution is 2.12. The Morgan fingerprint density at radius 2 is 1.87 bits per heavy atom. The summed E-state index contributed by atoms with van der Waals surface area (Å²) in [5.74, 6) is 1.10. The molecule has 2 N–H and O–H groups in total. The Labute approximate surface area is 178 Å². The van der Waals surface area contributed by atoms with Crippen molar-refractivity contribution in [2.75, 3.05) is 10.6 Å². The SMILES string of the molecule is CC(=O)c1ccc(NC(=O)CCc2nnc3ccc(NCc4cccnc4)nn23)cc1. The summed E-state index contributed by atoms with van der Waals surface area (Å²) in [4.78, 5) is 27.8. The lowest BCUT2D eigenvalue weighted by Gasteiger charge is -2.07. The van der Waals surface area contributed by atoms with E-state index in [1.54, 1.807) is 41.2 Å². The van der Waals surface area contributed by atoms with Crippen LogP contribution in [0.3, 0.4) is 0 Å². The molecule has 9 nitrogen and oxygen atoms in total. The van der Waals surface area contributed by atoms with Gasteiger partial charge in [-0.3, -0.25) is 14.6 Å². The smallest absolute Gasteiger partial charge is 0.224 e. The Kier molecular flexibility index (Phi) is 5.93. The zero-order valence-electron chi connectivity index (χ0n) is 16.9. The van der Waals surface area contributed by atoms with E-state index in [-0.39, 0.29) is 18.1 Å². The van der Waals surface area contributed by atoms with E-state index in [1.165, 1.54) is 6.92 Å². The number of rotatable bonds is 8. The minimum atomic E-state index is -0.154. The average molecular weight is 415 g/mol. The van der Waals surface area contributed by atoms with Gasteiger partial charge in [0.05, 0.1) is 0 Å². The van der Waals surface area contributed by atoms with Gasteiger partial charge in [-0.05, 0) is 55.0 Å². The zero-order valence-corrected chi connectivity index (χ0v) is 16.9. The number of pyridine rings is 1. The van der Waals surface area contributed by atoms with Gasteiger partial charge < -0.3 is 10.6 Å². The number of hydrogen-bond donors (Lipinski definition) is 2. The quantitative estimate of drug-likeness (QED) is 0.425. The molecule has 0 aliphatic heterocycles. The maximum atomic E-state index is 12.3. The third-order valence-electron chi connectivity index (χ3n) is 4.67. The fraction of sp³-hybridized carbons (Fsp3) is 0.182. The standard InChI is InChI=1S/C22H21N7O2/c1-15(30)17-4-6-18(7-5-17)25-22(31)11-10-21-27-26-20-9-8-19(28-29(20)21)24-14-16-3-2-12-23-13-16/h2-9,12-13H,10-11,14H2,1H3,(H,24,28)(H,25,31). The van der Waals surface area contributed by atoms with Crippen LogP contribution in [0.5, 0.6) is 0 Å². The van der Waals surface area contributed by atoms with Crippen LogP contribution in [0.1, 0.15) is 35.1 Å². The zero-order chi connectivity index (χ0) is 21.6. The van der Waals surface area contributed by atoms with Gasteiger partial charge in [-0.2, -0.15) is 4.52 Å². The topological polar surface area (TPSA) is 114 Å². The molecule has 0 aliphatic rings. The van der Waals surface area contributed by atoms with Crippen molar-refractivity contribution in [1.29, 1.82) is 0 Å². The normalized spacial score (nSPS) is 10.7. The van der Waals surface area contributed by atoms with Gasteiger partial charge in [-0.1, -0.05) is 6.07 Å². The van der Waals surface area contributed by atoms with Crippen LogP contribution < -0.4 is 10.6 Å². The van der Waals surface area contributed by atoms with Crippen LogP contribution in [0.25, 0.3) is 5.65 Å². The first kappa shape index (κ1) is 20.1. The number of fused-ring (bicyclic) bond motifs is 1. The summed E-state index contributed by atoms with van der Waals surface area (Å²) < 4.78 is 1.64. The van der Waals surface area contributed by atoms with Gasteiger partial charge in [0.25, 0.3) is 0 Å². The molecule has 0 saturated carbocycles. The second-order valence-corrected chi connectivity index (χ2v) is 7.00. The summed E-state index contributed by atoms with van der Waals surface area (Å²) in [6.07, 6.45) is 4.14. The molecule has 0 bridgehead atoms. The van der Waals surface area contributed by atoms with Crippen LogP contribution in [0.4, 0.5) is 11.5 Å². The third-order valence-corrected chi connectivity index (χ3v) is 4.67. The third kappa shape index (κ3) is 5.08. The van der Waals surface area contributed by atoms with Crippen molar-refractivity contribution >= 4 is 28.8 Å². The number of Topliss-reactive ketones (excluding diaryl/α,β-unsaturated/α-hetero) is 1. The molecular formula is C22H21N7O2. The molecule has 0 fully saturated rings. The van der Waals surface area contributed by atoms with Crippen molar-refractivity contribution in [3.8, 4) is 0 Å². The molecule has 0 unspecified atom stereocenters. The van der Waals surface area contributed by atoms with E-state index in [2.05, 4.69) is 30.9 Å². The van der Waals surface area contributed by atoms with Gasteiger partial charge in [-0.15, -0.1) is 15.3 Å². The second kappa shape index (κ2) is 9.12. The monoisotopic (exact) mass is 415 g/mol. The predicted octanol–water partition coefficient (Wildman–Crippen LogP) is 2.91. The highest BCUT2D eigenvalue weighted by Gasteiger charge is 2.11. The lowest BCUT2D eigenvalue weighted by atomic mass is 10.1. The summed E-state index contributed by atoms with van der Waals surface area (Å²) in [6, 6.07) is 14.3. The summed E-state index contributed by atoms with van der Waals surface area (Å²) in [5, 5.41) is 18.9. The Bertz CT molecular complexity index is 1200. The molecule has 0 radical (unpaired) electrons. The van der Waals surface area contributed by atoms with E-state index < -0.39 is 0 Å². The second-order valence-electron chi connectivity index (χ2n) is 7.00. The number of nitrogens with zero attached hydrogens (tertiary/aromatic N) is 5. The first-order chi connectivity index (χ1) is 15.1. The van der Waals surface area contributed by atoms with E-state index >= 15 is 0 Å². The van der Waals surface area contributed by atoms with E-state index in [9.17, 15) is 9.59 Å².